The van der Waals surface area contributed by atoms with Crippen molar-refractivity contribution >= 4 is 23.3 Å². The Labute approximate surface area is 147 Å². The lowest BCUT2D eigenvalue weighted by Crippen LogP contribution is -2.42. The molecular weight excluding hydrogens is 322 g/mol. The molecular formula is C17H25N5O3. The van der Waals surface area contributed by atoms with Crippen LogP contribution in [0.2, 0.25) is 0 Å². The molecule has 0 radical (unpaired) electrons. The molecule has 0 unspecified atom stereocenters. The first-order valence-electron chi connectivity index (χ1n) is 8.68. The molecule has 3 heterocycles. The number of oxazole rings is 1. The Morgan fingerprint density at radius 1 is 1.28 bits per heavy atom. The summed E-state index contributed by atoms with van der Waals surface area (Å²) in [7, 11) is 1.66. The second-order valence-electron chi connectivity index (χ2n) is 6.18. The van der Waals surface area contributed by atoms with Crippen LogP contribution in [-0.4, -0.2) is 67.3 Å². The number of methoxy groups -OCH3 is 1. The van der Waals surface area contributed by atoms with Gasteiger partial charge in [-0.1, -0.05) is 0 Å². The van der Waals surface area contributed by atoms with Gasteiger partial charge >= 0.3 is 6.03 Å². The number of ether oxygens (including phenoxy) is 1. The van der Waals surface area contributed by atoms with E-state index in [1.54, 1.807) is 7.11 Å². The average Bonchev–Trinajstić information content (AvgIpc) is 2.86. The van der Waals surface area contributed by atoms with Crippen molar-refractivity contribution in [1.82, 2.24) is 20.2 Å². The van der Waals surface area contributed by atoms with Gasteiger partial charge in [-0.3, -0.25) is 0 Å². The normalized spacial score (nSPS) is 15.4. The second kappa shape index (κ2) is 8.15. The van der Waals surface area contributed by atoms with E-state index >= 15 is 0 Å². The van der Waals surface area contributed by atoms with E-state index in [0.29, 0.717) is 43.5 Å². The number of hydrogen-bond donors (Lipinski definition) is 1. The van der Waals surface area contributed by atoms with Crippen molar-refractivity contribution in [3.8, 4) is 0 Å². The van der Waals surface area contributed by atoms with Gasteiger partial charge in [-0.15, -0.1) is 0 Å². The lowest BCUT2D eigenvalue weighted by Gasteiger charge is -2.21. The van der Waals surface area contributed by atoms with Gasteiger partial charge in [-0.25, -0.2) is 9.78 Å². The molecule has 2 amide bonds. The molecule has 1 N–H and O–H groups in total. The van der Waals surface area contributed by atoms with Crippen LogP contribution in [0.1, 0.15) is 18.5 Å². The maximum Gasteiger partial charge on any atom is 0.317 e. The Kier molecular flexibility index (Phi) is 5.70. The second-order valence-corrected chi connectivity index (χ2v) is 6.18. The number of hydrogen-bond acceptors (Lipinski definition) is 6. The van der Waals surface area contributed by atoms with Crippen molar-refractivity contribution in [2.45, 2.75) is 19.8 Å². The fourth-order valence-corrected chi connectivity index (χ4v) is 2.87. The maximum absolute atomic E-state index is 12.2. The molecule has 1 aliphatic rings. The van der Waals surface area contributed by atoms with Crippen molar-refractivity contribution in [2.24, 2.45) is 0 Å². The fourth-order valence-electron chi connectivity index (χ4n) is 2.87. The molecule has 8 nitrogen and oxygen atoms in total. The summed E-state index contributed by atoms with van der Waals surface area (Å²) < 4.78 is 10.8. The summed E-state index contributed by atoms with van der Waals surface area (Å²) in [6.45, 7) is 6.08. The zero-order valence-corrected chi connectivity index (χ0v) is 14.8. The Bertz CT molecular complexity index is 717. The van der Waals surface area contributed by atoms with Gasteiger partial charge in [-0.2, -0.15) is 4.98 Å². The van der Waals surface area contributed by atoms with Crippen LogP contribution in [-0.2, 0) is 4.74 Å². The van der Waals surface area contributed by atoms with Crippen molar-refractivity contribution < 1.29 is 13.9 Å². The van der Waals surface area contributed by atoms with Crippen LogP contribution >= 0.6 is 0 Å². The van der Waals surface area contributed by atoms with Crippen LogP contribution in [0.3, 0.4) is 0 Å². The number of fused-ring (bicyclic) bond motifs is 1. The van der Waals surface area contributed by atoms with Gasteiger partial charge in [0.15, 0.2) is 5.58 Å². The first kappa shape index (κ1) is 17.5. The van der Waals surface area contributed by atoms with E-state index in [2.05, 4.69) is 20.2 Å². The van der Waals surface area contributed by atoms with Crippen LogP contribution in [0.15, 0.2) is 16.5 Å². The minimum Gasteiger partial charge on any atom is -0.422 e. The summed E-state index contributed by atoms with van der Waals surface area (Å²) in [5.74, 6) is 0. The quantitative estimate of drug-likeness (QED) is 0.830. The number of aryl methyl sites for hydroxylation is 1. The monoisotopic (exact) mass is 347 g/mol. The number of aromatic nitrogens is 2. The van der Waals surface area contributed by atoms with E-state index in [9.17, 15) is 4.79 Å². The van der Waals surface area contributed by atoms with Crippen LogP contribution in [0.5, 0.6) is 0 Å². The number of carbonyl (C=O) groups excluding carboxylic acids is 1. The highest BCUT2D eigenvalue weighted by Crippen LogP contribution is 2.22. The van der Waals surface area contributed by atoms with Crippen molar-refractivity contribution in [3.63, 3.8) is 0 Å². The minimum absolute atomic E-state index is 0.0205. The molecule has 0 atom stereocenters. The highest BCUT2D eigenvalue weighted by molar-refractivity contribution is 5.74. The zero-order chi connectivity index (χ0) is 17.6. The third kappa shape index (κ3) is 4.39. The molecule has 136 valence electrons. The Morgan fingerprint density at radius 2 is 2.16 bits per heavy atom. The van der Waals surface area contributed by atoms with E-state index in [-0.39, 0.29) is 6.03 Å². The van der Waals surface area contributed by atoms with Gasteiger partial charge < -0.3 is 24.3 Å². The number of rotatable bonds is 5. The standard InChI is InChI=1S/C17H25N5O3/c1-13-5-6-14-15(19-13)20-17(25-14)22-9-4-8-21(10-11-22)16(23)18-7-3-12-24-2/h5-6H,3-4,7-12H2,1-2H3,(H,18,23). The molecule has 0 saturated carbocycles. The first-order valence-corrected chi connectivity index (χ1v) is 8.68. The molecule has 1 fully saturated rings. The molecule has 3 rings (SSSR count). The molecule has 2 aromatic heterocycles. The van der Waals surface area contributed by atoms with Crippen molar-refractivity contribution in [1.29, 1.82) is 0 Å². The third-order valence-electron chi connectivity index (χ3n) is 4.24. The average molecular weight is 347 g/mol. The van der Waals surface area contributed by atoms with Gasteiger partial charge in [0, 0.05) is 52.1 Å². The van der Waals surface area contributed by atoms with Crippen LogP contribution in [0.25, 0.3) is 11.2 Å². The molecule has 1 aliphatic heterocycles. The molecule has 2 aromatic rings. The smallest absolute Gasteiger partial charge is 0.317 e. The molecule has 0 spiro atoms. The molecule has 1 saturated heterocycles. The van der Waals surface area contributed by atoms with Crippen LogP contribution < -0.4 is 10.2 Å². The number of urea groups is 1. The lowest BCUT2D eigenvalue weighted by molar-refractivity contribution is 0.186. The van der Waals surface area contributed by atoms with Gasteiger partial charge in [0.25, 0.3) is 6.01 Å². The van der Waals surface area contributed by atoms with Crippen molar-refractivity contribution in [2.75, 3.05) is 51.3 Å². The largest absolute Gasteiger partial charge is 0.422 e. The highest BCUT2D eigenvalue weighted by Gasteiger charge is 2.22. The zero-order valence-electron chi connectivity index (χ0n) is 14.8. The van der Waals surface area contributed by atoms with E-state index in [1.807, 2.05) is 24.0 Å². The summed E-state index contributed by atoms with van der Waals surface area (Å²) >= 11 is 0. The van der Waals surface area contributed by atoms with Gasteiger partial charge in [0.1, 0.15) is 0 Å². The number of nitrogens with zero attached hydrogens (tertiary/aromatic N) is 4. The van der Waals surface area contributed by atoms with Gasteiger partial charge in [0.2, 0.25) is 5.65 Å². The number of nitrogens with one attached hydrogen (secondary N) is 1. The minimum atomic E-state index is -0.0205. The van der Waals surface area contributed by atoms with Gasteiger partial charge in [-0.05, 0) is 31.9 Å². The predicted molar refractivity (Wildman–Crippen MR) is 94.8 cm³/mol. The maximum atomic E-state index is 12.2. The van der Waals surface area contributed by atoms with E-state index in [4.69, 9.17) is 9.15 Å². The number of anilines is 1. The fraction of sp³-hybridized carbons (Fsp3) is 0.588. The van der Waals surface area contributed by atoms with Crippen molar-refractivity contribution in [3.05, 3.63) is 17.8 Å². The number of pyridine rings is 1. The first-order chi connectivity index (χ1) is 12.2. The molecule has 0 aliphatic carbocycles. The molecule has 8 heteroatoms. The van der Waals surface area contributed by atoms with Crippen LogP contribution in [0, 0.1) is 6.92 Å². The molecule has 0 aromatic carbocycles. The summed E-state index contributed by atoms with van der Waals surface area (Å²) in [4.78, 5) is 25.0. The number of amides is 2. The lowest BCUT2D eigenvalue weighted by atomic mass is 10.4. The van der Waals surface area contributed by atoms with E-state index in [0.717, 1.165) is 31.6 Å². The van der Waals surface area contributed by atoms with Gasteiger partial charge in [0.05, 0.1) is 0 Å². The summed E-state index contributed by atoms with van der Waals surface area (Å²) in [5, 5.41) is 2.94. The van der Waals surface area contributed by atoms with Crippen LogP contribution in [0.4, 0.5) is 10.8 Å². The van der Waals surface area contributed by atoms with E-state index < -0.39 is 0 Å². The predicted octanol–water partition coefficient (Wildman–Crippen LogP) is 1.79. The summed E-state index contributed by atoms with van der Waals surface area (Å²) in [5.41, 5.74) is 2.24. The Balaban J connectivity index is 1.58. The topological polar surface area (TPSA) is 83.7 Å². The third-order valence-corrected chi connectivity index (χ3v) is 4.24. The molecule has 0 bridgehead atoms. The van der Waals surface area contributed by atoms with E-state index in [1.165, 1.54) is 0 Å². The Morgan fingerprint density at radius 3 is 3.00 bits per heavy atom. The SMILES string of the molecule is COCCCNC(=O)N1CCCN(c2nc3nc(C)ccc3o2)CC1. The molecule has 25 heavy (non-hydrogen) atoms. The summed E-state index contributed by atoms with van der Waals surface area (Å²) in [6, 6.07) is 4.37. The highest BCUT2D eigenvalue weighted by atomic mass is 16.5. The Hall–Kier alpha value is -2.35. The number of carbonyl (C=O) groups is 1. The summed E-state index contributed by atoms with van der Waals surface area (Å²) in [6.07, 6.45) is 1.69.